The van der Waals surface area contributed by atoms with Gasteiger partial charge in [0.15, 0.2) is 0 Å². The van der Waals surface area contributed by atoms with E-state index in [1.54, 1.807) is 12.1 Å². The number of rotatable bonds is 4. The number of nitrogens with one attached hydrogen (secondary N) is 1. The number of alkyl halides is 3. The molecule has 1 saturated heterocycles. The average molecular weight is 364 g/mol. The number of halogens is 3. The van der Waals surface area contributed by atoms with Crippen LogP contribution in [0.25, 0.3) is 0 Å². The molecule has 1 amide bonds. The Bertz CT molecular complexity index is 737. The van der Waals surface area contributed by atoms with Gasteiger partial charge in [0, 0.05) is 30.0 Å². The first-order valence-corrected chi connectivity index (χ1v) is 8.43. The minimum Gasteiger partial charge on any atom is -0.406 e. The summed E-state index contributed by atoms with van der Waals surface area (Å²) in [6.07, 6.45) is -1.13. The lowest BCUT2D eigenvalue weighted by atomic mass is 10.1. The molecule has 0 spiro atoms. The molecule has 0 atom stereocenters. The first-order chi connectivity index (χ1) is 12.4. The minimum absolute atomic E-state index is 0.320. The Morgan fingerprint density at radius 2 is 1.54 bits per heavy atom. The molecule has 1 fully saturated rings. The fraction of sp³-hybridized carbons (Fsp3) is 0.316. The van der Waals surface area contributed by atoms with E-state index in [2.05, 4.69) is 15.0 Å². The van der Waals surface area contributed by atoms with Crippen LogP contribution in [0, 0.1) is 0 Å². The number of amides is 1. The van der Waals surface area contributed by atoms with E-state index < -0.39 is 6.36 Å². The summed E-state index contributed by atoms with van der Waals surface area (Å²) in [5.41, 5.74) is 1.97. The molecule has 4 nitrogen and oxygen atoms in total. The third kappa shape index (κ3) is 4.91. The van der Waals surface area contributed by atoms with Crippen molar-refractivity contribution in [1.29, 1.82) is 0 Å². The van der Waals surface area contributed by atoms with Crippen LogP contribution in [0.15, 0.2) is 48.5 Å². The normalized spacial score (nSPS) is 14.8. The molecule has 0 aliphatic carbocycles. The van der Waals surface area contributed by atoms with Crippen LogP contribution in [0.5, 0.6) is 5.75 Å². The van der Waals surface area contributed by atoms with Crippen molar-refractivity contribution < 1.29 is 22.7 Å². The summed E-state index contributed by atoms with van der Waals surface area (Å²) in [6, 6.07) is 12.4. The number of carbonyl (C=O) groups is 1. The van der Waals surface area contributed by atoms with Gasteiger partial charge in [0.1, 0.15) is 5.75 Å². The minimum atomic E-state index is -4.74. The Morgan fingerprint density at radius 1 is 0.923 bits per heavy atom. The van der Waals surface area contributed by atoms with Crippen LogP contribution in [0.1, 0.15) is 29.6 Å². The van der Waals surface area contributed by atoms with E-state index in [9.17, 15) is 18.0 Å². The maximum atomic E-state index is 12.3. The van der Waals surface area contributed by atoms with Gasteiger partial charge in [-0.1, -0.05) is 0 Å². The van der Waals surface area contributed by atoms with E-state index in [4.69, 9.17) is 0 Å². The molecule has 0 bridgehead atoms. The second kappa shape index (κ2) is 7.68. The third-order valence-corrected chi connectivity index (χ3v) is 4.20. The van der Waals surface area contributed by atoms with Gasteiger partial charge in [0.25, 0.3) is 5.91 Å². The molecule has 2 aromatic carbocycles. The van der Waals surface area contributed by atoms with Crippen LogP contribution in [0.2, 0.25) is 0 Å². The van der Waals surface area contributed by atoms with Crippen LogP contribution in [0.3, 0.4) is 0 Å². The number of hydrogen-bond acceptors (Lipinski definition) is 3. The number of ether oxygens (including phenoxy) is 1. The van der Waals surface area contributed by atoms with E-state index in [0.717, 1.165) is 30.9 Å². The molecule has 0 radical (unpaired) electrons. The lowest BCUT2D eigenvalue weighted by molar-refractivity contribution is -0.274. The second-order valence-corrected chi connectivity index (χ2v) is 6.12. The summed E-state index contributed by atoms with van der Waals surface area (Å²) in [5, 5.41) is 2.66. The Hall–Kier alpha value is -2.70. The Morgan fingerprint density at radius 3 is 2.12 bits per heavy atom. The van der Waals surface area contributed by atoms with E-state index >= 15 is 0 Å². The van der Waals surface area contributed by atoms with Gasteiger partial charge in [0.2, 0.25) is 0 Å². The maximum absolute atomic E-state index is 12.3. The Balaban J connectivity index is 1.60. The van der Waals surface area contributed by atoms with Crippen molar-refractivity contribution >= 4 is 17.3 Å². The fourth-order valence-corrected chi connectivity index (χ4v) is 2.92. The summed E-state index contributed by atoms with van der Waals surface area (Å²) in [4.78, 5) is 14.6. The first-order valence-electron chi connectivity index (χ1n) is 8.43. The van der Waals surface area contributed by atoms with Gasteiger partial charge in [-0.3, -0.25) is 4.79 Å². The van der Waals surface area contributed by atoms with E-state index in [0.29, 0.717) is 11.3 Å². The van der Waals surface area contributed by atoms with Gasteiger partial charge in [-0.15, -0.1) is 13.2 Å². The summed E-state index contributed by atoms with van der Waals surface area (Å²) in [6.45, 7) is 2.05. The zero-order valence-corrected chi connectivity index (χ0v) is 14.1. The average Bonchev–Trinajstić information content (AvgIpc) is 2.63. The molecule has 1 heterocycles. The number of anilines is 2. The SMILES string of the molecule is O=C(Nc1ccc(OC(F)(F)F)cc1)c1ccc(N2CCCCC2)cc1. The molecule has 1 N–H and O–H groups in total. The topological polar surface area (TPSA) is 41.6 Å². The van der Waals surface area contributed by atoms with Gasteiger partial charge < -0.3 is 15.0 Å². The fourth-order valence-electron chi connectivity index (χ4n) is 2.92. The molecule has 3 rings (SSSR count). The molecular formula is C19H19F3N2O2. The highest BCUT2D eigenvalue weighted by Gasteiger charge is 2.30. The Kier molecular flexibility index (Phi) is 5.35. The van der Waals surface area contributed by atoms with Gasteiger partial charge in [0.05, 0.1) is 0 Å². The highest BCUT2D eigenvalue weighted by atomic mass is 19.4. The summed E-state index contributed by atoms with van der Waals surface area (Å²) < 4.78 is 40.2. The largest absolute Gasteiger partial charge is 0.573 e. The molecule has 7 heteroatoms. The third-order valence-electron chi connectivity index (χ3n) is 4.20. The molecule has 26 heavy (non-hydrogen) atoms. The van der Waals surface area contributed by atoms with Crippen LogP contribution in [0.4, 0.5) is 24.5 Å². The first kappa shape index (κ1) is 18.1. The lowest BCUT2D eigenvalue weighted by Crippen LogP contribution is -2.29. The van der Waals surface area contributed by atoms with Gasteiger partial charge in [-0.05, 0) is 67.8 Å². The summed E-state index contributed by atoms with van der Waals surface area (Å²) in [7, 11) is 0. The molecular weight excluding hydrogens is 345 g/mol. The molecule has 1 aliphatic rings. The Labute approximate surface area is 149 Å². The van der Waals surface area contributed by atoms with Crippen molar-refractivity contribution in [2.45, 2.75) is 25.6 Å². The zero-order chi connectivity index (χ0) is 18.6. The number of nitrogens with zero attached hydrogens (tertiary/aromatic N) is 1. The smallest absolute Gasteiger partial charge is 0.406 e. The molecule has 138 valence electrons. The van der Waals surface area contributed by atoms with Crippen molar-refractivity contribution in [2.75, 3.05) is 23.3 Å². The predicted octanol–water partition coefficient (Wildman–Crippen LogP) is 4.83. The highest BCUT2D eigenvalue weighted by Crippen LogP contribution is 2.24. The van der Waals surface area contributed by atoms with Gasteiger partial charge in [-0.2, -0.15) is 0 Å². The van der Waals surface area contributed by atoms with Crippen molar-refractivity contribution in [3.05, 3.63) is 54.1 Å². The number of hydrogen-bond donors (Lipinski definition) is 1. The molecule has 0 aromatic heterocycles. The maximum Gasteiger partial charge on any atom is 0.573 e. The van der Waals surface area contributed by atoms with Crippen LogP contribution in [-0.2, 0) is 0 Å². The number of benzene rings is 2. The van der Waals surface area contributed by atoms with Crippen molar-refractivity contribution in [1.82, 2.24) is 0 Å². The van der Waals surface area contributed by atoms with Crippen LogP contribution in [-0.4, -0.2) is 25.4 Å². The van der Waals surface area contributed by atoms with E-state index in [1.807, 2.05) is 12.1 Å². The quantitative estimate of drug-likeness (QED) is 0.845. The van der Waals surface area contributed by atoms with Crippen molar-refractivity contribution in [3.63, 3.8) is 0 Å². The second-order valence-electron chi connectivity index (χ2n) is 6.12. The van der Waals surface area contributed by atoms with Gasteiger partial charge >= 0.3 is 6.36 Å². The highest BCUT2D eigenvalue weighted by molar-refractivity contribution is 6.04. The summed E-state index contributed by atoms with van der Waals surface area (Å²) in [5.74, 6) is -0.652. The van der Waals surface area contributed by atoms with Crippen molar-refractivity contribution in [3.8, 4) is 5.75 Å². The molecule has 1 aliphatic heterocycles. The van der Waals surface area contributed by atoms with E-state index in [1.165, 1.54) is 31.4 Å². The molecule has 0 saturated carbocycles. The molecule has 0 unspecified atom stereocenters. The predicted molar refractivity (Wildman–Crippen MR) is 93.6 cm³/mol. The number of carbonyl (C=O) groups excluding carboxylic acids is 1. The monoisotopic (exact) mass is 364 g/mol. The van der Waals surface area contributed by atoms with Gasteiger partial charge in [-0.25, -0.2) is 0 Å². The lowest BCUT2D eigenvalue weighted by Gasteiger charge is -2.28. The van der Waals surface area contributed by atoms with Crippen LogP contribution >= 0.6 is 0 Å². The molecule has 2 aromatic rings. The summed E-state index contributed by atoms with van der Waals surface area (Å²) >= 11 is 0. The van der Waals surface area contributed by atoms with Crippen LogP contribution < -0.4 is 15.0 Å². The zero-order valence-electron chi connectivity index (χ0n) is 14.1. The standard InChI is InChI=1S/C19H19F3N2O2/c20-19(21,22)26-17-10-6-15(7-11-17)23-18(25)14-4-8-16(9-5-14)24-12-2-1-3-13-24/h4-11H,1-3,12-13H2,(H,23,25). The van der Waals surface area contributed by atoms with E-state index in [-0.39, 0.29) is 11.7 Å². The van der Waals surface area contributed by atoms with Crippen molar-refractivity contribution in [2.24, 2.45) is 0 Å². The number of piperidine rings is 1.